The Hall–Kier alpha value is -3.75. The molecule has 2 aromatic carbocycles. The molecule has 1 aliphatic rings. The number of nitro groups is 1. The number of benzene rings is 2. The third-order valence-corrected chi connectivity index (χ3v) is 4.21. The van der Waals surface area contributed by atoms with Crippen molar-refractivity contribution in [1.82, 2.24) is 0 Å². The van der Waals surface area contributed by atoms with E-state index in [1.54, 1.807) is 24.3 Å². The number of hydrogen-bond donors (Lipinski definition) is 1. The summed E-state index contributed by atoms with van der Waals surface area (Å²) in [6.07, 6.45) is -0.0296. The number of anilines is 2. The second-order valence-corrected chi connectivity index (χ2v) is 6.18. The molecule has 9 heteroatoms. The fourth-order valence-electron chi connectivity index (χ4n) is 2.80. The molecule has 1 N–H and O–H groups in total. The number of carbonyl (C=O) groups is 3. The van der Waals surface area contributed by atoms with Crippen LogP contribution < -0.4 is 15.0 Å². The number of carbonyl (C=O) groups excluding carboxylic acids is 3. The predicted octanol–water partition coefficient (Wildman–Crippen LogP) is 2.55. The van der Waals surface area contributed by atoms with Crippen molar-refractivity contribution in [2.24, 2.45) is 0 Å². The molecule has 3 rings (SSSR count). The van der Waals surface area contributed by atoms with Crippen molar-refractivity contribution >= 4 is 34.7 Å². The molecule has 2 aromatic rings. The van der Waals surface area contributed by atoms with E-state index < -0.39 is 10.8 Å². The maximum atomic E-state index is 12.2. The Morgan fingerprint density at radius 1 is 1.25 bits per heavy atom. The van der Waals surface area contributed by atoms with Crippen LogP contribution in [0, 0.1) is 10.1 Å². The zero-order valence-electron chi connectivity index (χ0n) is 15.0. The fraction of sp³-hybridized carbons (Fsp3) is 0.211. The van der Waals surface area contributed by atoms with E-state index in [-0.39, 0.29) is 37.0 Å². The van der Waals surface area contributed by atoms with Crippen LogP contribution in [0.5, 0.6) is 5.75 Å². The van der Waals surface area contributed by atoms with Crippen molar-refractivity contribution < 1.29 is 24.0 Å². The van der Waals surface area contributed by atoms with Gasteiger partial charge in [-0.3, -0.25) is 24.5 Å². The number of hydrogen-bond acceptors (Lipinski definition) is 6. The number of ketones is 1. The maximum absolute atomic E-state index is 12.2. The van der Waals surface area contributed by atoms with Gasteiger partial charge < -0.3 is 15.0 Å². The Bertz CT molecular complexity index is 972. The van der Waals surface area contributed by atoms with E-state index in [1.165, 1.54) is 30.0 Å². The van der Waals surface area contributed by atoms with Crippen LogP contribution in [0.15, 0.2) is 42.5 Å². The van der Waals surface area contributed by atoms with Crippen molar-refractivity contribution in [1.29, 1.82) is 0 Å². The Labute approximate surface area is 160 Å². The molecule has 0 atom stereocenters. The first-order chi connectivity index (χ1) is 13.3. The van der Waals surface area contributed by atoms with E-state index >= 15 is 0 Å². The highest BCUT2D eigenvalue weighted by Gasteiger charge is 2.26. The monoisotopic (exact) mass is 383 g/mol. The van der Waals surface area contributed by atoms with Crippen LogP contribution in [0.25, 0.3) is 0 Å². The maximum Gasteiger partial charge on any atom is 0.271 e. The van der Waals surface area contributed by atoms with Crippen molar-refractivity contribution in [3.05, 3.63) is 58.1 Å². The summed E-state index contributed by atoms with van der Waals surface area (Å²) in [6, 6.07) is 10.4. The lowest BCUT2D eigenvalue weighted by atomic mass is 10.1. The van der Waals surface area contributed by atoms with Gasteiger partial charge in [-0.2, -0.15) is 0 Å². The molecule has 0 aromatic heterocycles. The molecule has 0 aliphatic carbocycles. The molecule has 9 nitrogen and oxygen atoms in total. The summed E-state index contributed by atoms with van der Waals surface area (Å²) < 4.78 is 5.37. The van der Waals surface area contributed by atoms with E-state index in [2.05, 4.69) is 5.32 Å². The van der Waals surface area contributed by atoms with Crippen LogP contribution >= 0.6 is 0 Å². The lowest BCUT2D eigenvalue weighted by Gasteiger charge is -2.29. The quantitative estimate of drug-likeness (QED) is 0.465. The standard InChI is InChI=1S/C19H17N3O6/c1-12(23)13-5-6-17-16(9-13)21(19(25)11-28-17)8-7-18(24)20-14-3-2-4-15(10-14)22(26)27/h2-6,9-10H,7-8,11H2,1H3,(H,20,24). The summed E-state index contributed by atoms with van der Waals surface area (Å²) in [5.41, 5.74) is 1.04. The van der Waals surface area contributed by atoms with Crippen LogP contribution in [-0.4, -0.2) is 35.7 Å². The lowest BCUT2D eigenvalue weighted by molar-refractivity contribution is -0.384. The molecular formula is C19H17N3O6. The van der Waals surface area contributed by atoms with Crippen molar-refractivity contribution in [3.63, 3.8) is 0 Å². The number of Topliss-reactive ketones (excluding diaryl/α,β-unsaturated/α-hetero) is 1. The smallest absolute Gasteiger partial charge is 0.271 e. The summed E-state index contributed by atoms with van der Waals surface area (Å²) in [7, 11) is 0. The summed E-state index contributed by atoms with van der Waals surface area (Å²) in [5.74, 6) is -0.409. The third kappa shape index (κ3) is 4.14. The minimum absolute atomic E-state index is 0.0296. The Balaban J connectivity index is 1.70. The number of amides is 2. The molecule has 0 radical (unpaired) electrons. The van der Waals surface area contributed by atoms with Crippen molar-refractivity contribution in [2.45, 2.75) is 13.3 Å². The first-order valence-corrected chi connectivity index (χ1v) is 8.47. The Morgan fingerprint density at radius 3 is 2.75 bits per heavy atom. The van der Waals surface area contributed by atoms with Crippen molar-refractivity contribution in [2.75, 3.05) is 23.4 Å². The number of fused-ring (bicyclic) bond motifs is 1. The highest BCUT2D eigenvalue weighted by molar-refractivity contribution is 6.02. The summed E-state index contributed by atoms with van der Waals surface area (Å²) in [4.78, 5) is 47.7. The van der Waals surface area contributed by atoms with Gasteiger partial charge in [-0.05, 0) is 31.2 Å². The second-order valence-electron chi connectivity index (χ2n) is 6.18. The first-order valence-electron chi connectivity index (χ1n) is 8.47. The molecule has 28 heavy (non-hydrogen) atoms. The minimum Gasteiger partial charge on any atom is -0.482 e. The first kappa shape index (κ1) is 19.0. The van der Waals surface area contributed by atoms with Gasteiger partial charge in [-0.15, -0.1) is 0 Å². The van der Waals surface area contributed by atoms with E-state index in [0.717, 1.165) is 0 Å². The van der Waals surface area contributed by atoms with E-state index in [4.69, 9.17) is 4.74 Å². The zero-order valence-corrected chi connectivity index (χ0v) is 15.0. The van der Waals surface area contributed by atoms with Gasteiger partial charge in [0.2, 0.25) is 5.91 Å². The number of rotatable bonds is 6. The molecule has 0 unspecified atom stereocenters. The largest absolute Gasteiger partial charge is 0.482 e. The number of ether oxygens (including phenoxy) is 1. The van der Waals surface area contributed by atoms with E-state index in [1.807, 2.05) is 0 Å². The summed E-state index contributed by atoms with van der Waals surface area (Å²) in [6.45, 7) is 1.35. The molecular weight excluding hydrogens is 366 g/mol. The normalized spacial score (nSPS) is 12.8. The molecule has 2 amide bonds. The molecule has 1 heterocycles. The predicted molar refractivity (Wildman–Crippen MR) is 101 cm³/mol. The number of nitrogens with zero attached hydrogens (tertiary/aromatic N) is 2. The van der Waals surface area contributed by atoms with Crippen LogP contribution in [0.1, 0.15) is 23.7 Å². The number of nitro benzene ring substituents is 1. The highest BCUT2D eigenvalue weighted by atomic mass is 16.6. The average molecular weight is 383 g/mol. The van der Waals surface area contributed by atoms with E-state index in [0.29, 0.717) is 22.7 Å². The SMILES string of the molecule is CC(=O)c1ccc2c(c1)N(CCC(=O)Nc1cccc([N+](=O)[O-])c1)C(=O)CO2. The van der Waals surface area contributed by atoms with Crippen LogP contribution in [0.2, 0.25) is 0 Å². The van der Waals surface area contributed by atoms with Gasteiger partial charge in [0.15, 0.2) is 12.4 Å². The molecule has 0 bridgehead atoms. The third-order valence-electron chi connectivity index (χ3n) is 4.21. The van der Waals surface area contributed by atoms with E-state index in [9.17, 15) is 24.5 Å². The van der Waals surface area contributed by atoms with Gasteiger partial charge in [0.05, 0.1) is 10.6 Å². The van der Waals surface area contributed by atoms with Crippen LogP contribution in [-0.2, 0) is 9.59 Å². The Kier molecular flexibility index (Phi) is 5.35. The summed E-state index contributed by atoms with van der Waals surface area (Å²) >= 11 is 0. The lowest BCUT2D eigenvalue weighted by Crippen LogP contribution is -2.40. The highest BCUT2D eigenvalue weighted by Crippen LogP contribution is 2.33. The second kappa shape index (κ2) is 7.87. The minimum atomic E-state index is -0.550. The fourth-order valence-corrected chi connectivity index (χ4v) is 2.80. The molecule has 0 spiro atoms. The van der Waals surface area contributed by atoms with Gasteiger partial charge in [-0.25, -0.2) is 0 Å². The van der Waals surface area contributed by atoms with Crippen molar-refractivity contribution in [3.8, 4) is 5.75 Å². The number of non-ortho nitro benzene ring substituents is 1. The Morgan fingerprint density at radius 2 is 2.04 bits per heavy atom. The van der Waals surface area contributed by atoms with Crippen LogP contribution in [0.3, 0.4) is 0 Å². The van der Waals surface area contributed by atoms with Gasteiger partial charge in [0.1, 0.15) is 5.75 Å². The molecule has 0 fully saturated rings. The molecule has 0 saturated carbocycles. The molecule has 1 aliphatic heterocycles. The van der Waals surface area contributed by atoms with Gasteiger partial charge >= 0.3 is 0 Å². The zero-order chi connectivity index (χ0) is 20.3. The summed E-state index contributed by atoms with van der Waals surface area (Å²) in [5, 5.41) is 13.4. The van der Waals surface area contributed by atoms with Gasteiger partial charge in [0.25, 0.3) is 11.6 Å². The number of nitrogens with one attached hydrogen (secondary N) is 1. The molecule has 0 saturated heterocycles. The van der Waals surface area contributed by atoms with Gasteiger partial charge in [-0.1, -0.05) is 6.07 Å². The average Bonchev–Trinajstić information content (AvgIpc) is 2.66. The van der Waals surface area contributed by atoms with Gasteiger partial charge in [0, 0.05) is 36.3 Å². The topological polar surface area (TPSA) is 119 Å². The van der Waals surface area contributed by atoms with Crippen LogP contribution in [0.4, 0.5) is 17.1 Å². The molecule has 144 valence electrons.